The predicted octanol–water partition coefficient (Wildman–Crippen LogP) is 2.52. The minimum Gasteiger partial charge on any atom is -0.504 e. The average molecular weight is 200 g/mol. The summed E-state index contributed by atoms with van der Waals surface area (Å²) in [6.45, 7) is 6.44. The minimum absolute atomic E-state index is 0.269. The molecule has 0 amide bonds. The van der Waals surface area contributed by atoms with Crippen LogP contribution in [0.25, 0.3) is 0 Å². The summed E-state index contributed by atoms with van der Waals surface area (Å²) in [5, 5.41) is 0. The van der Waals surface area contributed by atoms with Crippen molar-refractivity contribution in [1.29, 1.82) is 0 Å². The van der Waals surface area contributed by atoms with Crippen LogP contribution in [0.3, 0.4) is 0 Å². The van der Waals surface area contributed by atoms with Crippen LogP contribution in [0.15, 0.2) is 11.8 Å². The molecule has 0 spiro atoms. The van der Waals surface area contributed by atoms with Crippen LogP contribution in [0.2, 0.25) is 0 Å². The van der Waals surface area contributed by atoms with E-state index < -0.39 is 0 Å². The fourth-order valence-electron chi connectivity index (χ4n) is 1.02. The summed E-state index contributed by atoms with van der Waals surface area (Å²) in [7, 11) is 1.54. The largest absolute Gasteiger partial charge is 0.504 e. The van der Waals surface area contributed by atoms with Crippen LogP contribution < -0.4 is 0 Å². The highest BCUT2D eigenvalue weighted by Crippen LogP contribution is 2.12. The first-order valence-electron chi connectivity index (χ1n) is 5.00. The normalized spacial score (nSPS) is 11.6. The number of methoxy groups -OCH3 is 1. The first kappa shape index (κ1) is 13.0. The molecule has 0 bridgehead atoms. The van der Waals surface area contributed by atoms with Gasteiger partial charge in [0, 0.05) is 0 Å². The van der Waals surface area contributed by atoms with Crippen molar-refractivity contribution in [2.45, 2.75) is 33.6 Å². The predicted molar refractivity (Wildman–Crippen MR) is 55.8 cm³/mol. The Kier molecular flexibility index (Phi) is 6.89. The van der Waals surface area contributed by atoms with Crippen molar-refractivity contribution < 1.29 is 14.3 Å². The van der Waals surface area contributed by atoms with Gasteiger partial charge in [0.05, 0.1) is 25.6 Å². The lowest BCUT2D eigenvalue weighted by Gasteiger charge is -2.08. The van der Waals surface area contributed by atoms with Crippen molar-refractivity contribution in [3.63, 3.8) is 0 Å². The van der Waals surface area contributed by atoms with Crippen LogP contribution in [0.5, 0.6) is 0 Å². The summed E-state index contributed by atoms with van der Waals surface area (Å²) in [5.41, 5.74) is 0.614. The Morgan fingerprint density at radius 2 is 2.07 bits per heavy atom. The van der Waals surface area contributed by atoms with Crippen LogP contribution in [0, 0.1) is 5.92 Å². The Balaban J connectivity index is 4.15. The number of esters is 1. The van der Waals surface area contributed by atoms with Gasteiger partial charge in [0.15, 0.2) is 0 Å². The second-order valence-electron chi connectivity index (χ2n) is 3.53. The summed E-state index contributed by atoms with van der Waals surface area (Å²) in [4.78, 5) is 11.4. The topological polar surface area (TPSA) is 35.5 Å². The lowest BCUT2D eigenvalue weighted by Crippen LogP contribution is -2.09. The van der Waals surface area contributed by atoms with Gasteiger partial charge in [0.25, 0.3) is 0 Å². The standard InChI is InChI=1S/C11H20O3/c1-5-14-11(12)10(8-13-4)7-6-9(2)3/h8-9H,5-7H2,1-4H3. The van der Waals surface area contributed by atoms with E-state index in [0.717, 1.165) is 6.42 Å². The van der Waals surface area contributed by atoms with E-state index in [9.17, 15) is 4.79 Å². The summed E-state index contributed by atoms with van der Waals surface area (Å²) in [6.07, 6.45) is 3.15. The fourth-order valence-corrected chi connectivity index (χ4v) is 1.02. The molecule has 0 heterocycles. The van der Waals surface area contributed by atoms with Gasteiger partial charge in [-0.25, -0.2) is 4.79 Å². The molecule has 0 saturated carbocycles. The van der Waals surface area contributed by atoms with E-state index in [1.165, 1.54) is 13.4 Å². The maximum atomic E-state index is 11.4. The number of carbonyl (C=O) groups is 1. The Morgan fingerprint density at radius 3 is 2.50 bits per heavy atom. The molecular formula is C11H20O3. The van der Waals surface area contributed by atoms with Gasteiger partial charge < -0.3 is 9.47 Å². The third-order valence-corrected chi connectivity index (χ3v) is 1.79. The summed E-state index contributed by atoms with van der Waals surface area (Å²) >= 11 is 0. The molecule has 3 heteroatoms. The van der Waals surface area contributed by atoms with Crippen LogP contribution in [0.4, 0.5) is 0 Å². The van der Waals surface area contributed by atoms with Gasteiger partial charge in [-0.1, -0.05) is 13.8 Å². The van der Waals surface area contributed by atoms with E-state index in [-0.39, 0.29) is 5.97 Å². The number of hydrogen-bond acceptors (Lipinski definition) is 3. The molecule has 0 aliphatic rings. The van der Waals surface area contributed by atoms with Gasteiger partial charge in [-0.3, -0.25) is 0 Å². The monoisotopic (exact) mass is 200 g/mol. The third-order valence-electron chi connectivity index (χ3n) is 1.79. The van der Waals surface area contributed by atoms with Crippen molar-refractivity contribution in [3.05, 3.63) is 11.8 Å². The minimum atomic E-state index is -0.269. The molecule has 0 fully saturated rings. The smallest absolute Gasteiger partial charge is 0.337 e. The summed E-state index contributed by atoms with van der Waals surface area (Å²) in [6, 6.07) is 0. The SMILES string of the molecule is CCOC(=O)C(=COC)CCC(C)C. The highest BCUT2D eigenvalue weighted by atomic mass is 16.5. The van der Waals surface area contributed by atoms with Crippen LogP contribution in [-0.4, -0.2) is 19.7 Å². The van der Waals surface area contributed by atoms with Gasteiger partial charge >= 0.3 is 5.97 Å². The van der Waals surface area contributed by atoms with Crippen molar-refractivity contribution in [1.82, 2.24) is 0 Å². The van der Waals surface area contributed by atoms with Gasteiger partial charge in [-0.2, -0.15) is 0 Å². The molecule has 0 aromatic rings. The molecule has 0 aromatic carbocycles. The molecule has 0 aliphatic carbocycles. The van der Waals surface area contributed by atoms with E-state index in [0.29, 0.717) is 24.5 Å². The van der Waals surface area contributed by atoms with Gasteiger partial charge in [-0.05, 0) is 25.7 Å². The molecular weight excluding hydrogens is 180 g/mol. The summed E-state index contributed by atoms with van der Waals surface area (Å²) in [5.74, 6) is 0.305. The zero-order chi connectivity index (χ0) is 11.0. The number of rotatable bonds is 6. The van der Waals surface area contributed by atoms with Gasteiger partial charge in [0.2, 0.25) is 0 Å². The van der Waals surface area contributed by atoms with E-state index in [1.807, 2.05) is 0 Å². The Bertz CT molecular complexity index is 195. The Hall–Kier alpha value is -0.990. The molecule has 0 aliphatic heterocycles. The van der Waals surface area contributed by atoms with E-state index in [2.05, 4.69) is 13.8 Å². The van der Waals surface area contributed by atoms with E-state index in [4.69, 9.17) is 9.47 Å². The third kappa shape index (κ3) is 5.62. The van der Waals surface area contributed by atoms with E-state index in [1.54, 1.807) is 6.92 Å². The molecule has 0 unspecified atom stereocenters. The molecule has 0 atom stereocenters. The van der Waals surface area contributed by atoms with Crippen LogP contribution >= 0.6 is 0 Å². The van der Waals surface area contributed by atoms with E-state index >= 15 is 0 Å². The molecule has 14 heavy (non-hydrogen) atoms. The lowest BCUT2D eigenvalue weighted by atomic mass is 10.0. The quantitative estimate of drug-likeness (QED) is 0.375. The maximum absolute atomic E-state index is 11.4. The summed E-state index contributed by atoms with van der Waals surface area (Å²) < 4.78 is 9.74. The first-order chi connectivity index (χ1) is 6.61. The highest BCUT2D eigenvalue weighted by molar-refractivity contribution is 5.88. The van der Waals surface area contributed by atoms with Crippen molar-refractivity contribution in [3.8, 4) is 0 Å². The van der Waals surface area contributed by atoms with Crippen molar-refractivity contribution in [2.24, 2.45) is 5.92 Å². The molecule has 0 N–H and O–H groups in total. The Labute approximate surface area is 86.1 Å². The van der Waals surface area contributed by atoms with Crippen molar-refractivity contribution in [2.75, 3.05) is 13.7 Å². The van der Waals surface area contributed by atoms with Gasteiger partial charge in [0.1, 0.15) is 0 Å². The second-order valence-corrected chi connectivity index (χ2v) is 3.53. The molecule has 0 saturated heterocycles. The fraction of sp³-hybridized carbons (Fsp3) is 0.727. The highest BCUT2D eigenvalue weighted by Gasteiger charge is 2.11. The number of ether oxygens (including phenoxy) is 2. The maximum Gasteiger partial charge on any atom is 0.337 e. The number of carbonyl (C=O) groups excluding carboxylic acids is 1. The van der Waals surface area contributed by atoms with Crippen LogP contribution in [0.1, 0.15) is 33.6 Å². The van der Waals surface area contributed by atoms with Crippen LogP contribution in [-0.2, 0) is 14.3 Å². The zero-order valence-electron chi connectivity index (χ0n) is 9.50. The van der Waals surface area contributed by atoms with Gasteiger partial charge in [-0.15, -0.1) is 0 Å². The molecule has 0 aromatic heterocycles. The molecule has 0 radical (unpaired) electrons. The first-order valence-corrected chi connectivity index (χ1v) is 5.00. The lowest BCUT2D eigenvalue weighted by molar-refractivity contribution is -0.138. The molecule has 82 valence electrons. The van der Waals surface area contributed by atoms with Crippen molar-refractivity contribution >= 4 is 5.97 Å². The Morgan fingerprint density at radius 1 is 1.43 bits per heavy atom. The molecule has 3 nitrogen and oxygen atoms in total. The average Bonchev–Trinajstić information content (AvgIpc) is 2.12. The number of hydrogen-bond donors (Lipinski definition) is 0. The second kappa shape index (κ2) is 7.42. The molecule has 0 rings (SSSR count). The zero-order valence-corrected chi connectivity index (χ0v) is 9.50.